The van der Waals surface area contributed by atoms with Gasteiger partial charge in [-0.05, 0) is 15.9 Å². The van der Waals surface area contributed by atoms with Gasteiger partial charge in [0.15, 0.2) is 0 Å². The predicted octanol–water partition coefficient (Wildman–Crippen LogP) is 1.16. The summed E-state index contributed by atoms with van der Waals surface area (Å²) in [5, 5.41) is 9.64. The summed E-state index contributed by atoms with van der Waals surface area (Å²) in [7, 11) is 0. The second-order valence-electron chi connectivity index (χ2n) is 2.87. The number of nitrogens with zero attached hydrogens (tertiary/aromatic N) is 3. The molecule has 0 radical (unpaired) electrons. The Morgan fingerprint density at radius 2 is 2.33 bits per heavy atom. The summed E-state index contributed by atoms with van der Waals surface area (Å²) in [6.45, 7) is 0.535. The molecule has 0 aromatic carbocycles. The van der Waals surface area contributed by atoms with Gasteiger partial charge in [0, 0.05) is 6.20 Å². The largest absolute Gasteiger partial charge is 0.396 e. The third-order valence-electron chi connectivity index (χ3n) is 1.83. The van der Waals surface area contributed by atoms with Crippen LogP contribution in [0.5, 0.6) is 0 Å². The van der Waals surface area contributed by atoms with Gasteiger partial charge in [0.1, 0.15) is 12.2 Å². The molecule has 2 rings (SSSR count). The molecule has 0 saturated carbocycles. The van der Waals surface area contributed by atoms with Gasteiger partial charge in [-0.3, -0.25) is 10.1 Å². The van der Waals surface area contributed by atoms with E-state index in [-0.39, 0.29) is 0 Å². The summed E-state index contributed by atoms with van der Waals surface area (Å²) >= 11 is 3.36. The molecule has 0 unspecified atom stereocenters. The highest BCUT2D eigenvalue weighted by atomic mass is 79.9. The van der Waals surface area contributed by atoms with Crippen LogP contribution >= 0.6 is 15.9 Å². The number of H-pyrrole nitrogens is 1. The molecule has 2 aromatic rings. The maximum Gasteiger partial charge on any atom is 0.143 e. The molecule has 0 amide bonds. The highest BCUT2D eigenvalue weighted by Gasteiger charge is 2.04. The number of pyridine rings is 1. The summed E-state index contributed by atoms with van der Waals surface area (Å²) in [6.07, 6.45) is 4.73. The lowest BCUT2D eigenvalue weighted by atomic mass is 10.3. The first-order valence-electron chi connectivity index (χ1n) is 4.24. The van der Waals surface area contributed by atoms with Crippen LogP contribution in [0.3, 0.4) is 0 Å². The maximum atomic E-state index is 5.76. The Bertz CT molecular complexity index is 420. The number of anilines is 2. The Hall–Kier alpha value is -1.63. The number of hydrogen-bond donors (Lipinski definition) is 3. The van der Waals surface area contributed by atoms with Crippen LogP contribution in [0.25, 0.3) is 0 Å². The smallest absolute Gasteiger partial charge is 0.143 e. The van der Waals surface area contributed by atoms with Gasteiger partial charge >= 0.3 is 0 Å². The Labute approximate surface area is 94.4 Å². The minimum absolute atomic E-state index is 0.535. The molecule has 6 nitrogen and oxygen atoms in total. The maximum absolute atomic E-state index is 5.76. The molecule has 0 aliphatic carbocycles. The van der Waals surface area contributed by atoms with E-state index in [1.54, 1.807) is 12.4 Å². The number of aromatic nitrogens is 4. The lowest BCUT2D eigenvalue weighted by Crippen LogP contribution is -2.05. The fraction of sp³-hybridized carbons (Fsp3) is 0.125. The predicted molar refractivity (Wildman–Crippen MR) is 60.1 cm³/mol. The molecule has 2 aromatic heterocycles. The molecular formula is C8H9BrN6. The van der Waals surface area contributed by atoms with E-state index in [1.807, 2.05) is 0 Å². The average Bonchev–Trinajstić information content (AvgIpc) is 2.70. The van der Waals surface area contributed by atoms with E-state index >= 15 is 0 Å². The molecule has 0 fully saturated rings. The average molecular weight is 269 g/mol. The van der Waals surface area contributed by atoms with Crippen LogP contribution in [-0.2, 0) is 6.54 Å². The third-order valence-corrected chi connectivity index (χ3v) is 2.43. The monoisotopic (exact) mass is 268 g/mol. The van der Waals surface area contributed by atoms with E-state index in [2.05, 4.69) is 41.4 Å². The van der Waals surface area contributed by atoms with Gasteiger partial charge in [-0.25, -0.2) is 4.98 Å². The van der Waals surface area contributed by atoms with E-state index in [9.17, 15) is 0 Å². The Morgan fingerprint density at radius 1 is 1.47 bits per heavy atom. The molecule has 0 saturated heterocycles. The summed E-state index contributed by atoms with van der Waals surface area (Å²) in [5.41, 5.74) is 7.15. The number of hydrogen-bond acceptors (Lipinski definition) is 5. The SMILES string of the molecule is Nc1cncc(Br)c1NCc1ncn[nH]1. The quantitative estimate of drug-likeness (QED) is 0.777. The molecule has 0 aliphatic rings. The normalized spacial score (nSPS) is 10.2. The van der Waals surface area contributed by atoms with Gasteiger partial charge in [-0.15, -0.1) is 0 Å². The zero-order valence-electron chi connectivity index (χ0n) is 7.74. The lowest BCUT2D eigenvalue weighted by molar-refractivity contribution is 0.953. The molecule has 78 valence electrons. The van der Waals surface area contributed by atoms with Crippen molar-refractivity contribution in [2.45, 2.75) is 6.54 Å². The first kappa shape index (κ1) is 9.91. The summed E-state index contributed by atoms with van der Waals surface area (Å²) in [6, 6.07) is 0. The summed E-state index contributed by atoms with van der Waals surface area (Å²) in [5.74, 6) is 0.748. The van der Waals surface area contributed by atoms with E-state index in [4.69, 9.17) is 5.73 Å². The van der Waals surface area contributed by atoms with Gasteiger partial charge in [-0.1, -0.05) is 0 Å². The van der Waals surface area contributed by atoms with Gasteiger partial charge in [-0.2, -0.15) is 5.10 Å². The summed E-state index contributed by atoms with van der Waals surface area (Å²) in [4.78, 5) is 7.93. The van der Waals surface area contributed by atoms with E-state index in [1.165, 1.54) is 6.33 Å². The van der Waals surface area contributed by atoms with Crippen LogP contribution in [0.2, 0.25) is 0 Å². The highest BCUT2D eigenvalue weighted by Crippen LogP contribution is 2.27. The molecule has 0 spiro atoms. The van der Waals surface area contributed by atoms with Crippen molar-refractivity contribution >= 4 is 27.3 Å². The van der Waals surface area contributed by atoms with Crippen LogP contribution in [-0.4, -0.2) is 20.2 Å². The number of rotatable bonds is 3. The van der Waals surface area contributed by atoms with Crippen LogP contribution in [0.1, 0.15) is 5.82 Å². The number of halogens is 1. The van der Waals surface area contributed by atoms with Gasteiger partial charge in [0.05, 0.1) is 28.6 Å². The lowest BCUT2D eigenvalue weighted by Gasteiger charge is -2.08. The first-order chi connectivity index (χ1) is 7.27. The molecule has 7 heteroatoms. The Balaban J connectivity index is 2.11. The van der Waals surface area contributed by atoms with E-state index < -0.39 is 0 Å². The fourth-order valence-corrected chi connectivity index (χ4v) is 1.61. The molecule has 0 bridgehead atoms. The van der Waals surface area contributed by atoms with Crippen LogP contribution in [0, 0.1) is 0 Å². The van der Waals surface area contributed by atoms with Gasteiger partial charge in [0.2, 0.25) is 0 Å². The molecule has 4 N–H and O–H groups in total. The van der Waals surface area contributed by atoms with Crippen molar-refractivity contribution in [2.24, 2.45) is 0 Å². The highest BCUT2D eigenvalue weighted by molar-refractivity contribution is 9.10. The third kappa shape index (κ3) is 2.24. The number of nitrogen functional groups attached to an aromatic ring is 1. The van der Waals surface area contributed by atoms with Crippen molar-refractivity contribution < 1.29 is 0 Å². The van der Waals surface area contributed by atoms with Crippen LogP contribution < -0.4 is 11.1 Å². The van der Waals surface area contributed by atoms with Crippen LogP contribution in [0.4, 0.5) is 11.4 Å². The molecular weight excluding hydrogens is 260 g/mol. The van der Waals surface area contributed by atoms with Crippen molar-refractivity contribution in [3.63, 3.8) is 0 Å². The standard InChI is InChI=1S/C8H9BrN6/c9-5-1-11-2-6(10)8(5)12-3-7-13-4-14-15-7/h1-2,4H,3,10H2,(H,11,12)(H,13,14,15). The van der Waals surface area contributed by atoms with Crippen molar-refractivity contribution in [1.82, 2.24) is 20.2 Å². The van der Waals surface area contributed by atoms with Crippen molar-refractivity contribution in [2.75, 3.05) is 11.1 Å². The van der Waals surface area contributed by atoms with E-state index in [0.717, 1.165) is 16.0 Å². The van der Waals surface area contributed by atoms with Crippen molar-refractivity contribution in [1.29, 1.82) is 0 Å². The first-order valence-corrected chi connectivity index (χ1v) is 5.04. The minimum atomic E-state index is 0.535. The van der Waals surface area contributed by atoms with Crippen LogP contribution in [0.15, 0.2) is 23.2 Å². The molecule has 15 heavy (non-hydrogen) atoms. The minimum Gasteiger partial charge on any atom is -0.396 e. The molecule has 2 heterocycles. The zero-order chi connectivity index (χ0) is 10.7. The number of nitrogens with two attached hydrogens (primary N) is 1. The summed E-state index contributed by atoms with van der Waals surface area (Å²) < 4.78 is 0.821. The second kappa shape index (κ2) is 4.26. The zero-order valence-corrected chi connectivity index (χ0v) is 9.32. The van der Waals surface area contributed by atoms with Gasteiger partial charge in [0.25, 0.3) is 0 Å². The molecule has 0 atom stereocenters. The van der Waals surface area contributed by atoms with Gasteiger partial charge < -0.3 is 11.1 Å². The van der Waals surface area contributed by atoms with E-state index in [0.29, 0.717) is 12.2 Å². The Kier molecular flexibility index (Phi) is 2.82. The Morgan fingerprint density at radius 3 is 3.00 bits per heavy atom. The topological polar surface area (TPSA) is 92.5 Å². The van der Waals surface area contributed by atoms with Crippen molar-refractivity contribution in [3.05, 3.63) is 29.0 Å². The second-order valence-corrected chi connectivity index (χ2v) is 3.73. The number of aromatic amines is 1. The fourth-order valence-electron chi connectivity index (χ4n) is 1.12. The molecule has 0 aliphatic heterocycles. The van der Waals surface area contributed by atoms with Crippen molar-refractivity contribution in [3.8, 4) is 0 Å². The number of nitrogens with one attached hydrogen (secondary N) is 2.